The van der Waals surface area contributed by atoms with Crippen LogP contribution in [0.25, 0.3) is 0 Å². The fourth-order valence-electron chi connectivity index (χ4n) is 4.19. The molecule has 0 fully saturated rings. The first-order valence-corrected chi connectivity index (χ1v) is 12.4. The normalized spacial score (nSPS) is 11.8. The van der Waals surface area contributed by atoms with E-state index >= 15 is 0 Å². The van der Waals surface area contributed by atoms with Crippen LogP contribution in [0.15, 0.2) is 89.5 Å². The highest BCUT2D eigenvalue weighted by Gasteiger charge is 2.18. The highest BCUT2D eigenvalue weighted by atomic mass is 16.4. The SMILES string of the molecule is CCCN(Cc1cccn1Cc1ccc(C(=O)NC(C)c2ccccc2)o1)C(=O)c1ccc(C)cc1. The maximum absolute atomic E-state index is 13.2. The molecule has 1 unspecified atom stereocenters. The molecule has 0 aliphatic rings. The van der Waals surface area contributed by atoms with Gasteiger partial charge in [0.15, 0.2) is 5.76 Å². The summed E-state index contributed by atoms with van der Waals surface area (Å²) in [4.78, 5) is 27.7. The van der Waals surface area contributed by atoms with Crippen molar-refractivity contribution in [3.63, 3.8) is 0 Å². The quantitative estimate of drug-likeness (QED) is 0.302. The largest absolute Gasteiger partial charge is 0.454 e. The van der Waals surface area contributed by atoms with Crippen molar-refractivity contribution in [2.75, 3.05) is 6.54 Å². The number of rotatable bonds is 10. The molecule has 0 aliphatic carbocycles. The lowest BCUT2D eigenvalue weighted by molar-refractivity contribution is 0.0739. The summed E-state index contributed by atoms with van der Waals surface area (Å²) in [7, 11) is 0. The summed E-state index contributed by atoms with van der Waals surface area (Å²) < 4.78 is 7.93. The van der Waals surface area contributed by atoms with Gasteiger partial charge in [-0.3, -0.25) is 9.59 Å². The van der Waals surface area contributed by atoms with E-state index in [1.54, 1.807) is 6.07 Å². The van der Waals surface area contributed by atoms with E-state index in [-0.39, 0.29) is 23.6 Å². The lowest BCUT2D eigenvalue weighted by Gasteiger charge is -2.23. The third kappa shape index (κ3) is 6.13. The molecule has 36 heavy (non-hydrogen) atoms. The molecule has 2 aromatic heterocycles. The van der Waals surface area contributed by atoms with E-state index in [9.17, 15) is 9.59 Å². The highest BCUT2D eigenvalue weighted by Crippen LogP contribution is 2.17. The molecule has 0 saturated heterocycles. The number of aryl methyl sites for hydroxylation is 1. The predicted molar refractivity (Wildman–Crippen MR) is 141 cm³/mol. The first kappa shape index (κ1) is 25.0. The molecule has 1 N–H and O–H groups in total. The molecule has 6 nitrogen and oxygen atoms in total. The Kier molecular flexibility index (Phi) is 8.06. The van der Waals surface area contributed by atoms with Crippen molar-refractivity contribution in [2.24, 2.45) is 0 Å². The van der Waals surface area contributed by atoms with Gasteiger partial charge in [0, 0.05) is 24.0 Å². The molecule has 2 heterocycles. The van der Waals surface area contributed by atoms with Gasteiger partial charge in [0.25, 0.3) is 11.8 Å². The van der Waals surface area contributed by atoms with E-state index in [0.29, 0.717) is 31.0 Å². The zero-order chi connectivity index (χ0) is 25.5. The minimum absolute atomic E-state index is 0.0223. The van der Waals surface area contributed by atoms with Gasteiger partial charge in [-0.1, -0.05) is 55.0 Å². The van der Waals surface area contributed by atoms with Gasteiger partial charge in [-0.15, -0.1) is 0 Å². The fourth-order valence-corrected chi connectivity index (χ4v) is 4.19. The van der Waals surface area contributed by atoms with Crippen molar-refractivity contribution >= 4 is 11.8 Å². The number of amides is 2. The molecule has 0 spiro atoms. The monoisotopic (exact) mass is 483 g/mol. The summed E-state index contributed by atoms with van der Waals surface area (Å²) >= 11 is 0. The average molecular weight is 484 g/mol. The zero-order valence-corrected chi connectivity index (χ0v) is 21.1. The van der Waals surface area contributed by atoms with Gasteiger partial charge in [-0.25, -0.2) is 0 Å². The molecule has 2 amide bonds. The molecule has 4 rings (SSSR count). The number of aromatic nitrogens is 1. The second-order valence-corrected chi connectivity index (χ2v) is 9.09. The molecule has 0 saturated carbocycles. The van der Waals surface area contributed by atoms with Crippen LogP contribution in [0.1, 0.15) is 69.8 Å². The van der Waals surface area contributed by atoms with Crippen LogP contribution >= 0.6 is 0 Å². The van der Waals surface area contributed by atoms with Gasteiger partial charge in [0.2, 0.25) is 0 Å². The van der Waals surface area contributed by atoms with Gasteiger partial charge < -0.3 is 19.2 Å². The smallest absolute Gasteiger partial charge is 0.287 e. The summed E-state index contributed by atoms with van der Waals surface area (Å²) in [5, 5.41) is 2.98. The molecular weight excluding hydrogens is 450 g/mol. The molecule has 4 aromatic rings. The Morgan fingerprint density at radius 1 is 0.972 bits per heavy atom. The number of benzene rings is 2. The Bertz CT molecular complexity index is 1290. The summed E-state index contributed by atoms with van der Waals surface area (Å²) in [6.07, 6.45) is 2.84. The van der Waals surface area contributed by atoms with E-state index in [1.165, 1.54) is 0 Å². The fraction of sp³-hybridized carbons (Fsp3) is 0.267. The lowest BCUT2D eigenvalue weighted by atomic mass is 10.1. The molecular formula is C30H33N3O3. The van der Waals surface area contributed by atoms with E-state index < -0.39 is 0 Å². The van der Waals surface area contributed by atoms with Crippen LogP contribution in [0.4, 0.5) is 0 Å². The topological polar surface area (TPSA) is 67.5 Å². The third-order valence-electron chi connectivity index (χ3n) is 6.21. The maximum atomic E-state index is 13.2. The molecule has 0 radical (unpaired) electrons. The van der Waals surface area contributed by atoms with Crippen LogP contribution in [0.5, 0.6) is 0 Å². The Morgan fingerprint density at radius 3 is 2.44 bits per heavy atom. The number of nitrogens with one attached hydrogen (secondary N) is 1. The van der Waals surface area contributed by atoms with Gasteiger partial charge in [0.05, 0.1) is 19.1 Å². The average Bonchev–Trinajstić information content (AvgIpc) is 3.54. The molecule has 2 aromatic carbocycles. The Hall–Kier alpha value is -4.06. The standard InChI is InChI=1S/C30H33N3O3/c1-4-18-33(30(35)25-14-12-22(2)13-15-25)20-26-11-8-19-32(26)21-27-16-17-28(36-27)29(34)31-23(3)24-9-6-5-7-10-24/h5-17,19,23H,4,18,20-21H2,1-3H3,(H,31,34). The molecule has 186 valence electrons. The van der Waals surface area contributed by atoms with Gasteiger partial charge in [0.1, 0.15) is 5.76 Å². The number of furan rings is 1. The second-order valence-electron chi connectivity index (χ2n) is 9.09. The van der Waals surface area contributed by atoms with Crippen LogP contribution < -0.4 is 5.32 Å². The number of nitrogens with zero attached hydrogens (tertiary/aromatic N) is 2. The van der Waals surface area contributed by atoms with Gasteiger partial charge in [-0.05, 0) is 62.2 Å². The summed E-state index contributed by atoms with van der Waals surface area (Å²) in [6, 6.07) is 24.9. The van der Waals surface area contributed by atoms with Crippen molar-refractivity contribution in [1.29, 1.82) is 0 Å². The Morgan fingerprint density at radius 2 is 1.72 bits per heavy atom. The van der Waals surface area contributed by atoms with E-state index in [4.69, 9.17) is 4.42 Å². The minimum atomic E-state index is -0.247. The maximum Gasteiger partial charge on any atom is 0.287 e. The van der Waals surface area contributed by atoms with Crippen LogP contribution in [0, 0.1) is 6.92 Å². The second kappa shape index (κ2) is 11.6. The van der Waals surface area contributed by atoms with E-state index in [2.05, 4.69) is 16.8 Å². The number of carbonyl (C=O) groups excluding carboxylic acids is 2. The van der Waals surface area contributed by atoms with Crippen molar-refractivity contribution in [1.82, 2.24) is 14.8 Å². The number of hydrogen-bond donors (Lipinski definition) is 1. The summed E-state index contributed by atoms with van der Waals surface area (Å²) in [5.41, 5.74) is 3.86. The van der Waals surface area contributed by atoms with Gasteiger partial charge >= 0.3 is 0 Å². The van der Waals surface area contributed by atoms with Crippen LogP contribution in [-0.4, -0.2) is 27.8 Å². The van der Waals surface area contributed by atoms with Crippen LogP contribution in [0.2, 0.25) is 0 Å². The Labute approximate surface area is 212 Å². The number of carbonyl (C=O) groups is 2. The highest BCUT2D eigenvalue weighted by molar-refractivity contribution is 5.94. The molecule has 6 heteroatoms. The van der Waals surface area contributed by atoms with E-state index in [0.717, 1.165) is 23.2 Å². The van der Waals surface area contributed by atoms with Crippen LogP contribution in [-0.2, 0) is 13.1 Å². The minimum Gasteiger partial charge on any atom is -0.454 e. The molecule has 0 aliphatic heterocycles. The first-order chi connectivity index (χ1) is 17.4. The van der Waals surface area contributed by atoms with E-state index in [1.807, 2.05) is 97.7 Å². The number of hydrogen-bond acceptors (Lipinski definition) is 3. The summed E-state index contributed by atoms with van der Waals surface area (Å²) in [5.74, 6) is 0.734. The third-order valence-corrected chi connectivity index (χ3v) is 6.21. The van der Waals surface area contributed by atoms with Crippen LogP contribution in [0.3, 0.4) is 0 Å². The lowest BCUT2D eigenvalue weighted by Crippen LogP contribution is -2.32. The van der Waals surface area contributed by atoms with Gasteiger partial charge in [-0.2, -0.15) is 0 Å². The predicted octanol–water partition coefficient (Wildman–Crippen LogP) is 5.98. The Balaban J connectivity index is 1.42. The van der Waals surface area contributed by atoms with Crippen molar-refractivity contribution in [2.45, 2.75) is 46.3 Å². The zero-order valence-electron chi connectivity index (χ0n) is 21.1. The first-order valence-electron chi connectivity index (χ1n) is 12.4. The molecule has 1 atom stereocenters. The van der Waals surface area contributed by atoms with Crippen molar-refractivity contribution < 1.29 is 14.0 Å². The summed E-state index contributed by atoms with van der Waals surface area (Å²) in [6.45, 7) is 7.67. The van der Waals surface area contributed by atoms with Crippen molar-refractivity contribution in [3.05, 3.63) is 119 Å². The molecule has 0 bridgehead atoms. The van der Waals surface area contributed by atoms with Crippen molar-refractivity contribution in [3.8, 4) is 0 Å².